The fourth-order valence-electron chi connectivity index (χ4n) is 3.85. The van der Waals surface area contributed by atoms with Crippen molar-refractivity contribution < 1.29 is 24.2 Å². The number of carbonyl (C=O) groups excluding carboxylic acids is 3. The molecule has 0 saturated carbocycles. The third-order valence-electron chi connectivity index (χ3n) is 6.02. The Kier molecular flexibility index (Phi) is 10.7. The van der Waals surface area contributed by atoms with E-state index in [4.69, 9.17) is 4.74 Å². The van der Waals surface area contributed by atoms with Gasteiger partial charge in [-0.05, 0) is 76.3 Å². The number of hydrogen-bond donors (Lipinski definition) is 3. The van der Waals surface area contributed by atoms with Crippen LogP contribution in [0, 0.1) is 20.8 Å². The molecule has 0 heterocycles. The summed E-state index contributed by atoms with van der Waals surface area (Å²) in [5.41, 5.74) is 3.46. The highest BCUT2D eigenvalue weighted by Gasteiger charge is 2.36. The normalized spacial score (nSPS) is 12.9. The number of aliphatic hydroxyl groups excluding tert-OH is 1. The first-order chi connectivity index (χ1) is 17.4. The van der Waals surface area contributed by atoms with Crippen LogP contribution in [0.2, 0.25) is 0 Å². The molecule has 3 N–H and O–H groups in total. The summed E-state index contributed by atoms with van der Waals surface area (Å²) in [5.74, 6) is -0.944. The van der Waals surface area contributed by atoms with E-state index in [-0.39, 0.29) is 12.5 Å². The van der Waals surface area contributed by atoms with Crippen molar-refractivity contribution >= 4 is 23.6 Å². The van der Waals surface area contributed by atoms with E-state index in [1.165, 1.54) is 4.90 Å². The van der Waals surface area contributed by atoms with Gasteiger partial charge < -0.3 is 25.4 Å². The number of nitrogens with one attached hydrogen (secondary N) is 2. The fourth-order valence-corrected chi connectivity index (χ4v) is 3.85. The number of ether oxygens (including phenoxy) is 1. The number of aryl methyl sites for hydroxylation is 3. The van der Waals surface area contributed by atoms with Gasteiger partial charge in [-0.2, -0.15) is 0 Å². The van der Waals surface area contributed by atoms with Crippen LogP contribution < -0.4 is 10.6 Å². The summed E-state index contributed by atoms with van der Waals surface area (Å²) in [4.78, 5) is 41.5. The molecule has 0 fully saturated rings. The average molecular weight is 512 g/mol. The topological polar surface area (TPSA) is 108 Å². The molecule has 2 rings (SSSR count). The van der Waals surface area contributed by atoms with Crippen LogP contribution in [0.4, 0.5) is 10.5 Å². The molecule has 0 spiro atoms. The molecule has 2 atom stereocenters. The van der Waals surface area contributed by atoms with Crippen molar-refractivity contribution in [1.29, 1.82) is 0 Å². The molecule has 202 valence electrons. The van der Waals surface area contributed by atoms with Gasteiger partial charge in [0, 0.05) is 12.2 Å². The van der Waals surface area contributed by atoms with Gasteiger partial charge in [0.1, 0.15) is 17.7 Å². The van der Waals surface area contributed by atoms with E-state index in [9.17, 15) is 19.5 Å². The smallest absolute Gasteiger partial charge is 0.408 e. The number of aliphatic hydroxyl groups is 1. The van der Waals surface area contributed by atoms with Gasteiger partial charge in [0.25, 0.3) is 5.91 Å². The van der Waals surface area contributed by atoms with Crippen LogP contribution in [-0.4, -0.2) is 52.7 Å². The van der Waals surface area contributed by atoms with E-state index >= 15 is 0 Å². The van der Waals surface area contributed by atoms with Crippen LogP contribution in [0.1, 0.15) is 68.8 Å². The lowest BCUT2D eigenvalue weighted by Crippen LogP contribution is -2.54. The van der Waals surface area contributed by atoms with Crippen LogP contribution >= 0.6 is 0 Å². The van der Waals surface area contributed by atoms with Crippen molar-refractivity contribution in [2.75, 3.05) is 18.5 Å². The lowest BCUT2D eigenvalue weighted by Gasteiger charge is -2.34. The van der Waals surface area contributed by atoms with Gasteiger partial charge in [-0.15, -0.1) is 0 Å². The molecule has 3 amide bonds. The third-order valence-corrected chi connectivity index (χ3v) is 6.02. The molecule has 0 aliphatic heterocycles. The van der Waals surface area contributed by atoms with E-state index in [0.29, 0.717) is 17.7 Å². The maximum atomic E-state index is 13.8. The van der Waals surface area contributed by atoms with Gasteiger partial charge in [-0.3, -0.25) is 9.59 Å². The molecule has 8 nitrogen and oxygen atoms in total. The van der Waals surface area contributed by atoms with Crippen molar-refractivity contribution in [2.24, 2.45) is 0 Å². The number of hydrogen-bond acceptors (Lipinski definition) is 5. The first kappa shape index (κ1) is 29.8. The highest BCUT2D eigenvalue weighted by molar-refractivity contribution is 5.99. The summed E-state index contributed by atoms with van der Waals surface area (Å²) in [6, 6.07) is 10.8. The number of unbranched alkanes of at least 4 members (excludes halogenated alkanes) is 1. The predicted octanol–water partition coefficient (Wildman–Crippen LogP) is 4.81. The van der Waals surface area contributed by atoms with Crippen molar-refractivity contribution in [1.82, 2.24) is 10.2 Å². The van der Waals surface area contributed by atoms with Crippen LogP contribution in [-0.2, 0) is 14.3 Å². The van der Waals surface area contributed by atoms with E-state index < -0.39 is 36.3 Å². The first-order valence-corrected chi connectivity index (χ1v) is 12.7. The third kappa shape index (κ3) is 8.60. The quantitative estimate of drug-likeness (QED) is 0.424. The number of amides is 3. The van der Waals surface area contributed by atoms with E-state index in [0.717, 1.165) is 23.1 Å². The second kappa shape index (κ2) is 13.2. The number of para-hydroxylation sites is 1. The molecule has 8 heteroatoms. The number of alkyl carbamates (subject to hydrolysis) is 1. The zero-order valence-corrected chi connectivity index (χ0v) is 23.1. The summed E-state index contributed by atoms with van der Waals surface area (Å²) in [5, 5.41) is 15.5. The lowest BCUT2D eigenvalue weighted by molar-refractivity contribution is -0.141. The molecule has 0 aliphatic carbocycles. The molecule has 2 unspecified atom stereocenters. The highest BCUT2D eigenvalue weighted by atomic mass is 16.6. The average Bonchev–Trinajstić information content (AvgIpc) is 2.82. The van der Waals surface area contributed by atoms with Gasteiger partial charge in [-0.25, -0.2) is 4.79 Å². The summed E-state index contributed by atoms with van der Waals surface area (Å²) in [6.45, 7) is 12.6. The number of benzene rings is 2. The lowest BCUT2D eigenvalue weighted by atomic mass is 9.98. The first-order valence-electron chi connectivity index (χ1n) is 12.7. The number of nitrogens with zero attached hydrogens (tertiary/aromatic N) is 1. The predicted molar refractivity (Wildman–Crippen MR) is 145 cm³/mol. The molecular formula is C29H41N3O5. The van der Waals surface area contributed by atoms with Gasteiger partial charge in [0.15, 0.2) is 0 Å². The van der Waals surface area contributed by atoms with E-state index in [2.05, 4.69) is 10.6 Å². The number of carbonyl (C=O) groups is 3. The molecule has 0 aromatic heterocycles. The van der Waals surface area contributed by atoms with E-state index in [1.54, 1.807) is 20.8 Å². The zero-order valence-electron chi connectivity index (χ0n) is 23.1. The van der Waals surface area contributed by atoms with Crippen molar-refractivity contribution in [2.45, 2.75) is 79.0 Å². The standard InChI is InChI=1S/C29H41N3O5/c1-8-9-16-32(27(35)24(18-33)31-28(36)37-29(5,6)7)25(22-15-14-19(2)21(4)17-22)26(34)30-23-13-11-10-12-20(23)3/h10-15,17,24-25,33H,8-9,16,18H2,1-7H3,(H,30,34)(H,31,36). The Balaban J connectivity index is 2.51. The molecule has 0 aliphatic rings. The summed E-state index contributed by atoms with van der Waals surface area (Å²) in [7, 11) is 0. The van der Waals surface area contributed by atoms with Gasteiger partial charge in [0.05, 0.1) is 6.61 Å². The molecular weight excluding hydrogens is 470 g/mol. The largest absolute Gasteiger partial charge is 0.444 e. The van der Waals surface area contributed by atoms with Gasteiger partial charge in [0.2, 0.25) is 5.91 Å². The Labute approximate surface area is 220 Å². The maximum Gasteiger partial charge on any atom is 0.408 e. The Hall–Kier alpha value is -3.39. The summed E-state index contributed by atoms with van der Waals surface area (Å²) < 4.78 is 5.28. The molecule has 0 bridgehead atoms. The van der Waals surface area contributed by atoms with Crippen LogP contribution in [0.25, 0.3) is 0 Å². The van der Waals surface area contributed by atoms with Crippen LogP contribution in [0.5, 0.6) is 0 Å². The monoisotopic (exact) mass is 511 g/mol. The zero-order chi connectivity index (χ0) is 27.8. The Bertz CT molecular complexity index is 1090. The molecule has 0 radical (unpaired) electrons. The molecule has 2 aromatic rings. The Morgan fingerprint density at radius 3 is 2.24 bits per heavy atom. The maximum absolute atomic E-state index is 13.8. The SMILES string of the molecule is CCCCN(C(=O)C(CO)NC(=O)OC(C)(C)C)C(C(=O)Nc1ccccc1C)c1ccc(C)c(C)c1. The Morgan fingerprint density at radius 1 is 1.00 bits per heavy atom. The van der Waals surface area contributed by atoms with Crippen molar-refractivity contribution in [3.63, 3.8) is 0 Å². The van der Waals surface area contributed by atoms with Crippen molar-refractivity contribution in [3.05, 3.63) is 64.7 Å². The van der Waals surface area contributed by atoms with E-state index in [1.807, 2.05) is 70.2 Å². The van der Waals surface area contributed by atoms with Crippen LogP contribution in [0.15, 0.2) is 42.5 Å². The number of anilines is 1. The molecule has 0 saturated heterocycles. The second-order valence-corrected chi connectivity index (χ2v) is 10.3. The fraction of sp³-hybridized carbons (Fsp3) is 0.483. The second-order valence-electron chi connectivity index (χ2n) is 10.3. The van der Waals surface area contributed by atoms with Crippen LogP contribution in [0.3, 0.4) is 0 Å². The number of rotatable bonds is 10. The van der Waals surface area contributed by atoms with Gasteiger partial charge in [-0.1, -0.05) is 49.7 Å². The van der Waals surface area contributed by atoms with Crippen molar-refractivity contribution in [3.8, 4) is 0 Å². The summed E-state index contributed by atoms with van der Waals surface area (Å²) >= 11 is 0. The van der Waals surface area contributed by atoms with Gasteiger partial charge >= 0.3 is 6.09 Å². The Morgan fingerprint density at radius 2 is 1.68 bits per heavy atom. The highest BCUT2D eigenvalue weighted by Crippen LogP contribution is 2.27. The minimum absolute atomic E-state index is 0.264. The minimum Gasteiger partial charge on any atom is -0.444 e. The molecule has 37 heavy (non-hydrogen) atoms. The molecule has 2 aromatic carbocycles. The minimum atomic E-state index is -1.27. The summed E-state index contributed by atoms with van der Waals surface area (Å²) in [6.07, 6.45) is 0.601.